The van der Waals surface area contributed by atoms with Crippen molar-refractivity contribution in [1.29, 1.82) is 0 Å². The van der Waals surface area contributed by atoms with E-state index in [0.717, 1.165) is 16.7 Å². The lowest BCUT2D eigenvalue weighted by atomic mass is 10.1. The van der Waals surface area contributed by atoms with Crippen molar-refractivity contribution < 1.29 is 18.0 Å². The van der Waals surface area contributed by atoms with Crippen LogP contribution in [0.5, 0.6) is 5.75 Å². The summed E-state index contributed by atoms with van der Waals surface area (Å²) >= 11 is 0. The van der Waals surface area contributed by atoms with E-state index < -0.39 is 8.60 Å². The quantitative estimate of drug-likeness (QED) is 0.204. The van der Waals surface area contributed by atoms with Crippen molar-refractivity contribution in [3.8, 4) is 17.1 Å². The van der Waals surface area contributed by atoms with E-state index >= 15 is 0 Å². The van der Waals surface area contributed by atoms with Gasteiger partial charge in [-0.1, -0.05) is 103 Å². The van der Waals surface area contributed by atoms with Crippen molar-refractivity contribution >= 4 is 19.6 Å². The Bertz CT molecular complexity index is 1390. The summed E-state index contributed by atoms with van der Waals surface area (Å²) in [6.07, 6.45) is 0. The molecule has 6 heteroatoms. The fourth-order valence-electron chi connectivity index (χ4n) is 3.55. The van der Waals surface area contributed by atoms with Crippen molar-refractivity contribution in [2.45, 2.75) is 13.2 Å². The van der Waals surface area contributed by atoms with Crippen molar-refractivity contribution in [2.75, 3.05) is 0 Å². The van der Waals surface area contributed by atoms with Gasteiger partial charge in [0.1, 0.15) is 5.58 Å². The molecule has 0 amide bonds. The predicted octanol–water partition coefficient (Wildman–Crippen LogP) is 7.50. The van der Waals surface area contributed by atoms with Gasteiger partial charge in [-0.05, 0) is 23.3 Å². The second-order valence-corrected chi connectivity index (χ2v) is 8.93. The maximum atomic E-state index is 13.5. The zero-order chi connectivity index (χ0) is 23.9. The molecule has 0 atom stereocenters. The average Bonchev–Trinajstić information content (AvgIpc) is 2.93. The molecule has 0 aliphatic rings. The molecule has 35 heavy (non-hydrogen) atoms. The minimum Gasteiger partial charge on any atom is -0.452 e. The van der Waals surface area contributed by atoms with Crippen molar-refractivity contribution in [3.63, 3.8) is 0 Å². The van der Waals surface area contributed by atoms with Crippen molar-refractivity contribution in [3.05, 3.63) is 137 Å². The molecule has 5 rings (SSSR count). The van der Waals surface area contributed by atoms with E-state index in [1.54, 1.807) is 18.2 Å². The minimum absolute atomic E-state index is 0.0714. The highest BCUT2D eigenvalue weighted by molar-refractivity contribution is 7.42. The molecule has 1 aromatic heterocycles. The molecule has 0 radical (unpaired) electrons. The van der Waals surface area contributed by atoms with Crippen LogP contribution in [0.2, 0.25) is 0 Å². The number of benzene rings is 4. The van der Waals surface area contributed by atoms with Gasteiger partial charge in [0.05, 0.1) is 18.6 Å². The van der Waals surface area contributed by atoms with Gasteiger partial charge in [-0.25, -0.2) is 0 Å². The van der Waals surface area contributed by atoms with Crippen LogP contribution in [0.1, 0.15) is 11.1 Å². The second-order valence-electron chi connectivity index (χ2n) is 7.78. The zero-order valence-corrected chi connectivity index (χ0v) is 19.8. The van der Waals surface area contributed by atoms with Crippen LogP contribution in [0, 0.1) is 0 Å². The third-order valence-corrected chi connectivity index (χ3v) is 6.33. The molecule has 5 aromatic rings. The fourth-order valence-corrected chi connectivity index (χ4v) is 4.56. The third-order valence-electron chi connectivity index (χ3n) is 5.32. The molecule has 4 aromatic carbocycles. The van der Waals surface area contributed by atoms with Gasteiger partial charge in [-0.15, -0.1) is 0 Å². The predicted molar refractivity (Wildman–Crippen MR) is 138 cm³/mol. The van der Waals surface area contributed by atoms with Gasteiger partial charge in [0.15, 0.2) is 5.76 Å². The van der Waals surface area contributed by atoms with Gasteiger partial charge in [-0.2, -0.15) is 0 Å². The zero-order valence-electron chi connectivity index (χ0n) is 18.9. The molecule has 5 nitrogen and oxygen atoms in total. The topological polar surface area (TPSA) is 57.9 Å². The Kier molecular flexibility index (Phi) is 7.30. The second kappa shape index (κ2) is 11.1. The van der Waals surface area contributed by atoms with Crippen molar-refractivity contribution in [2.24, 2.45) is 0 Å². The van der Waals surface area contributed by atoms with E-state index in [9.17, 15) is 4.79 Å². The van der Waals surface area contributed by atoms with Crippen LogP contribution in [0.25, 0.3) is 22.3 Å². The van der Waals surface area contributed by atoms with Gasteiger partial charge < -0.3 is 8.94 Å². The van der Waals surface area contributed by atoms with Gasteiger partial charge >= 0.3 is 8.60 Å². The molecular formula is C29H23O5P. The van der Waals surface area contributed by atoms with E-state index in [2.05, 4.69) is 0 Å². The van der Waals surface area contributed by atoms with Crippen LogP contribution < -0.4 is 9.95 Å². The number of hydrogen-bond acceptors (Lipinski definition) is 5. The Morgan fingerprint density at radius 3 is 1.74 bits per heavy atom. The highest BCUT2D eigenvalue weighted by Crippen LogP contribution is 2.45. The summed E-state index contributed by atoms with van der Waals surface area (Å²) in [5.41, 5.74) is 2.89. The molecule has 0 bridgehead atoms. The molecule has 0 spiro atoms. The Balaban J connectivity index is 1.50. The summed E-state index contributed by atoms with van der Waals surface area (Å²) in [7, 11) is -1.92. The van der Waals surface area contributed by atoms with Crippen LogP contribution in [-0.4, -0.2) is 0 Å². The monoisotopic (exact) mass is 482 g/mol. The van der Waals surface area contributed by atoms with E-state index in [0.29, 0.717) is 16.7 Å². The molecule has 0 N–H and O–H groups in total. The normalized spacial score (nSPS) is 11.1. The number of hydrogen-bond donors (Lipinski definition) is 0. The summed E-state index contributed by atoms with van der Waals surface area (Å²) in [5, 5.41) is 0.434. The van der Waals surface area contributed by atoms with Crippen LogP contribution in [0.15, 0.2) is 124 Å². The number of fused-ring (bicyclic) bond motifs is 1. The SMILES string of the molecule is O=c1c(OP(OCc2ccccc2)OCc2ccccc2)c(-c2ccccc2)oc2ccccc12. The van der Waals surface area contributed by atoms with Gasteiger partial charge in [0.25, 0.3) is 0 Å². The largest absolute Gasteiger partial charge is 0.452 e. The van der Waals surface area contributed by atoms with Crippen LogP contribution in [-0.2, 0) is 22.3 Å². The third kappa shape index (κ3) is 5.67. The number of rotatable bonds is 9. The first-order valence-electron chi connectivity index (χ1n) is 11.2. The van der Waals surface area contributed by atoms with Crippen molar-refractivity contribution in [1.82, 2.24) is 0 Å². The summed E-state index contributed by atoms with van der Waals surface area (Å²) in [6.45, 7) is 0.557. The maximum absolute atomic E-state index is 13.5. The van der Waals surface area contributed by atoms with E-state index in [1.807, 2.05) is 97.1 Å². The highest BCUT2D eigenvalue weighted by Gasteiger charge is 2.24. The lowest BCUT2D eigenvalue weighted by Gasteiger charge is -2.19. The van der Waals surface area contributed by atoms with Gasteiger partial charge in [0, 0.05) is 5.56 Å². The van der Waals surface area contributed by atoms with Crippen LogP contribution in [0.3, 0.4) is 0 Å². The lowest BCUT2D eigenvalue weighted by Crippen LogP contribution is -2.09. The smallest absolute Gasteiger partial charge is 0.398 e. The van der Waals surface area contributed by atoms with Crippen LogP contribution in [0.4, 0.5) is 0 Å². The van der Waals surface area contributed by atoms with E-state index in [1.165, 1.54) is 0 Å². The van der Waals surface area contributed by atoms with Crippen LogP contribution >= 0.6 is 8.60 Å². The highest BCUT2D eigenvalue weighted by atomic mass is 31.2. The average molecular weight is 482 g/mol. The summed E-state index contributed by atoms with van der Waals surface area (Å²) in [4.78, 5) is 13.5. The first kappa shape index (κ1) is 23.0. The Hall–Kier alpha value is -3.76. The molecule has 0 aliphatic carbocycles. The first-order chi connectivity index (χ1) is 17.3. The standard InChI is InChI=1S/C29H23O5P/c30-27-25-18-10-11-19-26(25)33-28(24-16-8-3-9-17-24)29(27)34-35(31-20-22-12-4-1-5-13-22)32-21-23-14-6-2-7-15-23/h1-19H,20-21H2. The molecule has 0 unspecified atom stereocenters. The minimum atomic E-state index is -1.92. The maximum Gasteiger partial charge on any atom is 0.398 e. The van der Waals surface area contributed by atoms with Gasteiger partial charge in [0.2, 0.25) is 11.2 Å². The summed E-state index contributed by atoms with van der Waals surface area (Å²) in [5.74, 6) is 0.413. The Labute approximate surface area is 204 Å². The molecule has 174 valence electrons. The van der Waals surface area contributed by atoms with E-state index in [-0.39, 0.29) is 24.4 Å². The molecule has 1 heterocycles. The summed E-state index contributed by atoms with van der Waals surface area (Å²) in [6, 6.07) is 36.1. The molecule has 0 saturated carbocycles. The summed E-state index contributed by atoms with van der Waals surface area (Å²) < 4.78 is 24.5. The van der Waals surface area contributed by atoms with E-state index in [4.69, 9.17) is 18.0 Å². The molecule has 0 aliphatic heterocycles. The molecular weight excluding hydrogens is 459 g/mol. The fraction of sp³-hybridized carbons (Fsp3) is 0.0690. The Morgan fingerprint density at radius 1 is 0.629 bits per heavy atom. The number of para-hydroxylation sites is 1. The molecule has 0 saturated heterocycles. The first-order valence-corrected chi connectivity index (χ1v) is 12.3. The lowest BCUT2D eigenvalue weighted by molar-refractivity contribution is 0.191. The molecule has 0 fully saturated rings. The Morgan fingerprint density at radius 2 is 1.14 bits per heavy atom. The van der Waals surface area contributed by atoms with Gasteiger partial charge in [-0.3, -0.25) is 13.8 Å².